The van der Waals surface area contributed by atoms with Crippen molar-refractivity contribution in [1.82, 2.24) is 0 Å². The van der Waals surface area contributed by atoms with Crippen LogP contribution in [0.1, 0.15) is 64.7 Å². The Hall–Kier alpha value is -0.850. The third-order valence-electron chi connectivity index (χ3n) is 2.60. The van der Waals surface area contributed by atoms with Crippen LogP contribution in [0.25, 0.3) is 0 Å². The van der Waals surface area contributed by atoms with Crippen LogP contribution in [-0.4, -0.2) is 6.29 Å². The number of hydrogen-bond donors (Lipinski definition) is 0. The molecule has 0 radical (unpaired) electrons. The fraction of sp³-hybridized carbons (Fsp3) is 0.667. The van der Waals surface area contributed by atoms with Gasteiger partial charge in [-0.3, -0.25) is 4.79 Å². The third-order valence-corrected chi connectivity index (χ3v) is 2.60. The highest BCUT2D eigenvalue weighted by Gasteiger charge is 1.85. The van der Waals surface area contributed by atoms with Gasteiger partial charge in [0, 0.05) is 0 Å². The second-order valence-corrected chi connectivity index (χ2v) is 4.17. The predicted octanol–water partition coefficient (Wildman–Crippen LogP) is 4.83. The van der Waals surface area contributed by atoms with Crippen LogP contribution in [0.4, 0.5) is 0 Å². The van der Waals surface area contributed by atoms with E-state index < -0.39 is 0 Å². The zero-order valence-electron chi connectivity index (χ0n) is 10.7. The van der Waals surface area contributed by atoms with Crippen molar-refractivity contribution in [2.45, 2.75) is 64.7 Å². The molecule has 0 aromatic heterocycles. The molecule has 0 heterocycles. The largest absolute Gasteiger partial charge is 0.299 e. The van der Waals surface area contributed by atoms with Gasteiger partial charge in [-0.2, -0.15) is 0 Å². The van der Waals surface area contributed by atoms with E-state index in [0.29, 0.717) is 0 Å². The highest BCUT2D eigenvalue weighted by atomic mass is 16.1. The maximum absolute atomic E-state index is 9.99. The second kappa shape index (κ2) is 14.2. The van der Waals surface area contributed by atoms with Crippen LogP contribution in [0, 0.1) is 0 Å². The van der Waals surface area contributed by atoms with E-state index in [-0.39, 0.29) is 0 Å². The average molecular weight is 222 g/mol. The number of carbonyl (C=O) groups excluding carboxylic acids is 1. The second-order valence-electron chi connectivity index (χ2n) is 4.17. The summed E-state index contributed by atoms with van der Waals surface area (Å²) in [5, 5.41) is 0. The first-order valence-corrected chi connectivity index (χ1v) is 6.67. The molecule has 1 heteroatoms. The summed E-state index contributed by atoms with van der Waals surface area (Å²) in [4.78, 5) is 9.99. The molecule has 0 amide bonds. The normalized spacial score (nSPS) is 11.6. The van der Waals surface area contributed by atoms with Crippen LogP contribution in [0.3, 0.4) is 0 Å². The van der Waals surface area contributed by atoms with Crippen molar-refractivity contribution >= 4 is 6.29 Å². The van der Waals surface area contributed by atoms with Gasteiger partial charge in [0.05, 0.1) is 0 Å². The molecule has 0 saturated heterocycles. The predicted molar refractivity (Wildman–Crippen MR) is 71.6 cm³/mol. The molecule has 0 aromatic rings. The molecule has 0 atom stereocenters. The summed E-state index contributed by atoms with van der Waals surface area (Å²) in [6.45, 7) is 2.24. The van der Waals surface area contributed by atoms with E-state index >= 15 is 0 Å². The molecule has 0 aliphatic heterocycles. The maximum Gasteiger partial charge on any atom is 0.142 e. The van der Waals surface area contributed by atoms with E-state index in [1.54, 1.807) is 6.08 Å². The van der Waals surface area contributed by atoms with Gasteiger partial charge in [-0.25, -0.2) is 0 Å². The molecule has 16 heavy (non-hydrogen) atoms. The molecule has 0 rings (SSSR count). The quantitative estimate of drug-likeness (QED) is 0.212. The summed E-state index contributed by atoms with van der Waals surface area (Å²) >= 11 is 0. The van der Waals surface area contributed by atoms with Gasteiger partial charge in [0.2, 0.25) is 0 Å². The molecule has 0 saturated carbocycles. The standard InChI is InChI=1S/C15H26O/c1-2-3-4-5-6-7-8-9-10-11-12-13-14-15-16/h7-8,13-15H,2-6,9-12H2,1H3/b8-7-,14-13+. The van der Waals surface area contributed by atoms with Crippen molar-refractivity contribution in [3.05, 3.63) is 24.3 Å². The van der Waals surface area contributed by atoms with Crippen molar-refractivity contribution < 1.29 is 4.79 Å². The monoisotopic (exact) mass is 222 g/mol. The van der Waals surface area contributed by atoms with Crippen molar-refractivity contribution in [2.75, 3.05) is 0 Å². The molecule has 0 aromatic carbocycles. The summed E-state index contributed by atoms with van der Waals surface area (Å²) in [5.41, 5.74) is 0. The molecular formula is C15H26O. The number of unbranched alkanes of at least 4 members (excludes halogenated alkanes) is 7. The van der Waals surface area contributed by atoms with Crippen LogP contribution in [-0.2, 0) is 4.79 Å². The molecule has 0 aliphatic carbocycles. The molecule has 0 fully saturated rings. The Balaban J connectivity index is 3.09. The summed E-state index contributed by atoms with van der Waals surface area (Å²) in [7, 11) is 0. The molecule has 0 N–H and O–H groups in total. The lowest BCUT2D eigenvalue weighted by molar-refractivity contribution is -0.104. The lowest BCUT2D eigenvalue weighted by Crippen LogP contribution is -1.75. The van der Waals surface area contributed by atoms with Gasteiger partial charge in [-0.15, -0.1) is 0 Å². The van der Waals surface area contributed by atoms with E-state index in [4.69, 9.17) is 0 Å². The summed E-state index contributed by atoms with van der Waals surface area (Å²) in [6, 6.07) is 0. The Bertz CT molecular complexity index is 192. The van der Waals surface area contributed by atoms with E-state index in [0.717, 1.165) is 12.7 Å². The van der Waals surface area contributed by atoms with Crippen molar-refractivity contribution in [3.63, 3.8) is 0 Å². The fourth-order valence-corrected chi connectivity index (χ4v) is 1.60. The van der Waals surface area contributed by atoms with Gasteiger partial charge in [-0.1, -0.05) is 44.4 Å². The van der Waals surface area contributed by atoms with Crippen LogP contribution in [0.2, 0.25) is 0 Å². The van der Waals surface area contributed by atoms with Gasteiger partial charge >= 0.3 is 0 Å². The Morgan fingerprint density at radius 3 is 1.88 bits per heavy atom. The molecule has 1 nitrogen and oxygen atoms in total. The minimum Gasteiger partial charge on any atom is -0.299 e. The average Bonchev–Trinajstić information content (AvgIpc) is 2.31. The summed E-state index contributed by atoms with van der Waals surface area (Å²) in [6.07, 6.45) is 20.3. The van der Waals surface area contributed by atoms with Gasteiger partial charge < -0.3 is 0 Å². The SMILES string of the molecule is CCCCCC/C=C\CCCC/C=C/C=O. The number of carbonyl (C=O) groups is 1. The van der Waals surface area contributed by atoms with E-state index in [1.807, 2.05) is 6.08 Å². The van der Waals surface area contributed by atoms with E-state index in [9.17, 15) is 4.79 Å². The number of allylic oxidation sites excluding steroid dienone is 4. The first-order chi connectivity index (χ1) is 7.91. The Morgan fingerprint density at radius 1 is 0.750 bits per heavy atom. The maximum atomic E-state index is 9.99. The van der Waals surface area contributed by atoms with Crippen molar-refractivity contribution in [1.29, 1.82) is 0 Å². The first-order valence-electron chi connectivity index (χ1n) is 6.67. The lowest BCUT2D eigenvalue weighted by Gasteiger charge is -1.95. The molecule has 92 valence electrons. The van der Waals surface area contributed by atoms with Crippen LogP contribution in [0.5, 0.6) is 0 Å². The zero-order valence-corrected chi connectivity index (χ0v) is 10.7. The van der Waals surface area contributed by atoms with E-state index in [1.165, 1.54) is 51.4 Å². The highest BCUT2D eigenvalue weighted by molar-refractivity contribution is 5.64. The molecule has 0 bridgehead atoms. The van der Waals surface area contributed by atoms with Crippen LogP contribution >= 0.6 is 0 Å². The number of hydrogen-bond acceptors (Lipinski definition) is 1. The molecule has 0 spiro atoms. The molecule has 0 unspecified atom stereocenters. The van der Waals surface area contributed by atoms with E-state index in [2.05, 4.69) is 19.1 Å². The minimum absolute atomic E-state index is 0.843. The van der Waals surface area contributed by atoms with Gasteiger partial charge in [-0.05, 0) is 44.6 Å². The Morgan fingerprint density at radius 2 is 1.31 bits per heavy atom. The van der Waals surface area contributed by atoms with Gasteiger partial charge in [0.1, 0.15) is 6.29 Å². The third kappa shape index (κ3) is 13.2. The molecule has 0 aliphatic rings. The van der Waals surface area contributed by atoms with Crippen LogP contribution in [0.15, 0.2) is 24.3 Å². The first kappa shape index (κ1) is 15.2. The summed E-state index contributed by atoms with van der Waals surface area (Å²) < 4.78 is 0. The van der Waals surface area contributed by atoms with Gasteiger partial charge in [0.25, 0.3) is 0 Å². The topological polar surface area (TPSA) is 17.1 Å². The fourth-order valence-electron chi connectivity index (χ4n) is 1.60. The lowest BCUT2D eigenvalue weighted by atomic mass is 10.1. The smallest absolute Gasteiger partial charge is 0.142 e. The van der Waals surface area contributed by atoms with Crippen molar-refractivity contribution in [2.24, 2.45) is 0 Å². The highest BCUT2D eigenvalue weighted by Crippen LogP contribution is 2.05. The Kier molecular flexibility index (Phi) is 13.4. The zero-order chi connectivity index (χ0) is 11.9. The number of aldehydes is 1. The Labute approximate surface area is 101 Å². The summed E-state index contributed by atoms with van der Waals surface area (Å²) in [5.74, 6) is 0. The molecular weight excluding hydrogens is 196 g/mol. The van der Waals surface area contributed by atoms with Gasteiger partial charge in [0.15, 0.2) is 0 Å². The van der Waals surface area contributed by atoms with Crippen LogP contribution < -0.4 is 0 Å². The van der Waals surface area contributed by atoms with Crippen molar-refractivity contribution in [3.8, 4) is 0 Å². The minimum atomic E-state index is 0.843. The number of rotatable bonds is 11.